The van der Waals surface area contributed by atoms with Crippen molar-refractivity contribution in [3.63, 3.8) is 0 Å². The molecule has 0 bridgehead atoms. The van der Waals surface area contributed by atoms with Crippen LogP contribution in [0.3, 0.4) is 0 Å². The van der Waals surface area contributed by atoms with Crippen molar-refractivity contribution in [3.8, 4) is 0 Å². The van der Waals surface area contributed by atoms with E-state index >= 15 is 0 Å². The smallest absolute Gasteiger partial charge is 0.176 e. The summed E-state index contributed by atoms with van der Waals surface area (Å²) in [7, 11) is 0. The minimum atomic E-state index is 0.257. The van der Waals surface area contributed by atoms with E-state index in [0.29, 0.717) is 12.5 Å². The second kappa shape index (κ2) is 6.14. The normalized spacial score (nSPS) is 17.1. The number of piperidine rings is 1. The molecule has 1 aromatic carbocycles. The van der Waals surface area contributed by atoms with E-state index < -0.39 is 0 Å². The van der Waals surface area contributed by atoms with Gasteiger partial charge in [-0.15, -0.1) is 0 Å². The molecule has 1 fully saturated rings. The van der Waals surface area contributed by atoms with E-state index in [1.165, 1.54) is 24.8 Å². The highest BCUT2D eigenvalue weighted by Gasteiger charge is 2.15. The number of hydrogen-bond donors (Lipinski definition) is 0. The first kappa shape index (κ1) is 13.3. The molecule has 1 aromatic rings. The number of likely N-dealkylation sites (tertiary alicyclic amines) is 1. The van der Waals surface area contributed by atoms with Crippen LogP contribution in [-0.2, 0) is 0 Å². The van der Waals surface area contributed by atoms with Gasteiger partial charge in [-0.05, 0) is 37.4 Å². The fourth-order valence-corrected chi connectivity index (χ4v) is 2.47. The van der Waals surface area contributed by atoms with Gasteiger partial charge in [-0.1, -0.05) is 44.5 Å². The van der Waals surface area contributed by atoms with Crippen molar-refractivity contribution >= 4 is 5.78 Å². The monoisotopic (exact) mass is 245 g/mol. The van der Waals surface area contributed by atoms with Crippen LogP contribution in [0.5, 0.6) is 0 Å². The van der Waals surface area contributed by atoms with Crippen molar-refractivity contribution < 1.29 is 4.79 Å². The van der Waals surface area contributed by atoms with Gasteiger partial charge in [0.25, 0.3) is 0 Å². The lowest BCUT2D eigenvalue weighted by Gasteiger charge is -2.25. The first-order valence-corrected chi connectivity index (χ1v) is 7.02. The van der Waals surface area contributed by atoms with Crippen LogP contribution in [0.4, 0.5) is 0 Å². The molecule has 2 nitrogen and oxygen atoms in total. The maximum atomic E-state index is 12.2. The Morgan fingerprint density at radius 2 is 1.72 bits per heavy atom. The van der Waals surface area contributed by atoms with Crippen molar-refractivity contribution in [3.05, 3.63) is 35.4 Å². The van der Waals surface area contributed by atoms with Crippen LogP contribution in [0, 0.1) is 0 Å². The largest absolute Gasteiger partial charge is 0.296 e. The molecular weight excluding hydrogens is 222 g/mol. The maximum Gasteiger partial charge on any atom is 0.176 e. The zero-order valence-corrected chi connectivity index (χ0v) is 11.5. The molecule has 0 spiro atoms. The minimum Gasteiger partial charge on any atom is -0.296 e. The van der Waals surface area contributed by atoms with Crippen molar-refractivity contribution in [1.29, 1.82) is 0 Å². The van der Waals surface area contributed by atoms with Crippen LogP contribution in [0.2, 0.25) is 0 Å². The van der Waals surface area contributed by atoms with E-state index in [2.05, 4.69) is 30.9 Å². The van der Waals surface area contributed by atoms with Crippen LogP contribution in [0.25, 0.3) is 0 Å². The highest BCUT2D eigenvalue weighted by atomic mass is 16.1. The predicted molar refractivity (Wildman–Crippen MR) is 75.2 cm³/mol. The number of nitrogens with zero attached hydrogens (tertiary/aromatic N) is 1. The van der Waals surface area contributed by atoms with Gasteiger partial charge >= 0.3 is 0 Å². The van der Waals surface area contributed by atoms with Crippen molar-refractivity contribution in [2.75, 3.05) is 19.6 Å². The third-order valence-corrected chi connectivity index (χ3v) is 3.72. The second-order valence-electron chi connectivity index (χ2n) is 5.54. The van der Waals surface area contributed by atoms with Crippen LogP contribution < -0.4 is 0 Å². The first-order valence-electron chi connectivity index (χ1n) is 7.02. The lowest BCUT2D eigenvalue weighted by Crippen LogP contribution is -2.34. The maximum absolute atomic E-state index is 12.2. The van der Waals surface area contributed by atoms with Gasteiger partial charge < -0.3 is 0 Å². The van der Waals surface area contributed by atoms with Gasteiger partial charge in [0.2, 0.25) is 0 Å². The van der Waals surface area contributed by atoms with E-state index in [-0.39, 0.29) is 5.78 Å². The molecule has 1 aliphatic rings. The van der Waals surface area contributed by atoms with Gasteiger partial charge in [-0.25, -0.2) is 0 Å². The topological polar surface area (TPSA) is 20.3 Å². The molecule has 0 saturated carbocycles. The zero-order valence-electron chi connectivity index (χ0n) is 11.5. The van der Waals surface area contributed by atoms with Crippen molar-refractivity contribution in [1.82, 2.24) is 4.90 Å². The minimum absolute atomic E-state index is 0.257. The van der Waals surface area contributed by atoms with Crippen LogP contribution in [0.1, 0.15) is 54.9 Å². The fourth-order valence-electron chi connectivity index (χ4n) is 2.47. The van der Waals surface area contributed by atoms with Gasteiger partial charge in [-0.2, -0.15) is 0 Å². The molecule has 0 radical (unpaired) electrons. The number of Topliss-reactive ketones (excluding diaryl/α,β-unsaturated/α-hetero) is 1. The summed E-state index contributed by atoms with van der Waals surface area (Å²) in [6, 6.07) is 8.10. The molecule has 0 aromatic heterocycles. The standard InChI is InChI=1S/C16H23NO/c1-13(2)14-6-8-15(9-7-14)16(18)12-17-10-4-3-5-11-17/h6-9,13H,3-5,10-12H2,1-2H3. The van der Waals surface area contributed by atoms with E-state index in [1.54, 1.807) is 0 Å². The van der Waals surface area contributed by atoms with Crippen molar-refractivity contribution in [2.24, 2.45) is 0 Å². The van der Waals surface area contributed by atoms with Crippen LogP contribution in [0.15, 0.2) is 24.3 Å². The summed E-state index contributed by atoms with van der Waals surface area (Å²) in [5, 5.41) is 0. The highest BCUT2D eigenvalue weighted by Crippen LogP contribution is 2.16. The number of benzene rings is 1. The van der Waals surface area contributed by atoms with Crippen molar-refractivity contribution in [2.45, 2.75) is 39.0 Å². The Hall–Kier alpha value is -1.15. The van der Waals surface area contributed by atoms with E-state index in [1.807, 2.05) is 12.1 Å². The Labute approximate surface area is 110 Å². The molecule has 0 atom stereocenters. The summed E-state index contributed by atoms with van der Waals surface area (Å²) < 4.78 is 0. The Kier molecular flexibility index (Phi) is 4.54. The van der Waals surface area contributed by atoms with E-state index in [4.69, 9.17) is 0 Å². The molecule has 1 aliphatic heterocycles. The molecule has 98 valence electrons. The Bertz CT molecular complexity index is 388. The van der Waals surface area contributed by atoms with Crippen LogP contribution in [-0.4, -0.2) is 30.3 Å². The van der Waals surface area contributed by atoms with Gasteiger partial charge in [0.15, 0.2) is 5.78 Å². The number of carbonyl (C=O) groups excluding carboxylic acids is 1. The Morgan fingerprint density at radius 1 is 1.11 bits per heavy atom. The molecular formula is C16H23NO. The quantitative estimate of drug-likeness (QED) is 0.757. The molecule has 1 saturated heterocycles. The van der Waals surface area contributed by atoms with Crippen LogP contribution >= 0.6 is 0 Å². The Balaban J connectivity index is 1.95. The van der Waals surface area contributed by atoms with Gasteiger partial charge in [-0.3, -0.25) is 9.69 Å². The number of hydrogen-bond acceptors (Lipinski definition) is 2. The third-order valence-electron chi connectivity index (χ3n) is 3.72. The number of rotatable bonds is 4. The first-order chi connectivity index (χ1) is 8.66. The molecule has 1 heterocycles. The van der Waals surface area contributed by atoms with E-state index in [9.17, 15) is 4.79 Å². The van der Waals surface area contributed by atoms with Gasteiger partial charge in [0.05, 0.1) is 6.54 Å². The molecule has 18 heavy (non-hydrogen) atoms. The summed E-state index contributed by atoms with van der Waals surface area (Å²) >= 11 is 0. The highest BCUT2D eigenvalue weighted by molar-refractivity contribution is 5.97. The predicted octanol–water partition coefficient (Wildman–Crippen LogP) is 3.48. The second-order valence-corrected chi connectivity index (χ2v) is 5.54. The average molecular weight is 245 g/mol. The summed E-state index contributed by atoms with van der Waals surface area (Å²) in [5.74, 6) is 0.781. The third kappa shape index (κ3) is 3.42. The summed E-state index contributed by atoms with van der Waals surface area (Å²) in [5.41, 5.74) is 2.15. The molecule has 0 unspecified atom stereocenters. The van der Waals surface area contributed by atoms with E-state index in [0.717, 1.165) is 18.7 Å². The number of carbonyl (C=O) groups is 1. The average Bonchev–Trinajstić information content (AvgIpc) is 2.40. The fraction of sp³-hybridized carbons (Fsp3) is 0.562. The van der Waals surface area contributed by atoms with Gasteiger partial charge in [0.1, 0.15) is 0 Å². The molecule has 0 aliphatic carbocycles. The zero-order chi connectivity index (χ0) is 13.0. The molecule has 0 amide bonds. The SMILES string of the molecule is CC(C)c1ccc(C(=O)CN2CCCCC2)cc1. The number of ketones is 1. The lowest BCUT2D eigenvalue weighted by atomic mass is 10.00. The lowest BCUT2D eigenvalue weighted by molar-refractivity contribution is 0.0915. The summed E-state index contributed by atoms with van der Waals surface area (Å²) in [6.07, 6.45) is 3.78. The summed E-state index contributed by atoms with van der Waals surface area (Å²) in [6.45, 7) is 7.09. The van der Waals surface area contributed by atoms with Gasteiger partial charge in [0, 0.05) is 5.56 Å². The Morgan fingerprint density at radius 3 is 2.28 bits per heavy atom. The molecule has 2 heteroatoms. The molecule has 2 rings (SSSR count). The molecule has 0 N–H and O–H groups in total. The summed E-state index contributed by atoms with van der Waals surface area (Å²) in [4.78, 5) is 14.4.